The molecule has 8 heteroatoms. The number of rotatable bonds is 4. The van der Waals surface area contributed by atoms with Gasteiger partial charge in [-0.3, -0.25) is 4.79 Å². The number of amides is 1. The minimum Gasteiger partial charge on any atom is -0.497 e. The quantitative estimate of drug-likeness (QED) is 0.731. The molecule has 152 valence electrons. The molecule has 2 unspecified atom stereocenters. The van der Waals surface area contributed by atoms with Crippen molar-refractivity contribution in [3.8, 4) is 5.75 Å². The smallest absolute Gasteiger partial charge is 0.237 e. The molecule has 1 saturated carbocycles. The molecule has 3 aromatic rings. The molecule has 1 aromatic heterocycles. The number of carbonyl (C=O) groups is 1. The number of ether oxygens (including phenoxy) is 1. The fourth-order valence-corrected chi connectivity index (χ4v) is 3.79. The van der Waals surface area contributed by atoms with Crippen LogP contribution in [-0.2, 0) is 11.3 Å². The number of anilines is 1. The summed E-state index contributed by atoms with van der Waals surface area (Å²) in [6.07, 6.45) is 2.88. The Morgan fingerprint density at radius 3 is 2.62 bits per heavy atom. The molecule has 0 spiro atoms. The highest BCUT2D eigenvalue weighted by Gasteiger charge is 2.45. The number of nitrogens with zero attached hydrogens (tertiary/aromatic N) is 3. The van der Waals surface area contributed by atoms with Crippen LogP contribution >= 0.6 is 0 Å². The lowest BCUT2D eigenvalue weighted by Crippen LogP contribution is -2.22. The molecule has 2 aromatic carbocycles. The number of imidazole rings is 1. The van der Waals surface area contributed by atoms with Crippen LogP contribution in [0.15, 0.2) is 42.7 Å². The number of hydrogen-bond acceptors (Lipinski definition) is 4. The Hall–Kier alpha value is -3.16. The number of benzene rings is 2. The van der Waals surface area contributed by atoms with Crippen LogP contribution in [0.3, 0.4) is 0 Å². The summed E-state index contributed by atoms with van der Waals surface area (Å²) >= 11 is 0. The Kier molecular flexibility index (Phi) is 5.08. The second-order valence-corrected chi connectivity index (χ2v) is 7.45. The van der Waals surface area contributed by atoms with Gasteiger partial charge in [-0.1, -0.05) is 0 Å². The van der Waals surface area contributed by atoms with E-state index in [9.17, 15) is 13.6 Å². The molecule has 2 atom stereocenters. The van der Waals surface area contributed by atoms with E-state index in [0.29, 0.717) is 5.69 Å². The normalized spacial score (nSPS) is 19.5. The highest BCUT2D eigenvalue weighted by Crippen LogP contribution is 2.46. The number of aromatic nitrogens is 2. The topological polar surface area (TPSA) is 73.4 Å². The van der Waals surface area contributed by atoms with Crippen LogP contribution < -0.4 is 15.4 Å². The van der Waals surface area contributed by atoms with E-state index in [0.717, 1.165) is 47.8 Å². The lowest BCUT2D eigenvalue weighted by Gasteiger charge is -2.20. The van der Waals surface area contributed by atoms with E-state index in [1.807, 2.05) is 23.1 Å². The van der Waals surface area contributed by atoms with Crippen molar-refractivity contribution in [3.63, 3.8) is 0 Å². The predicted octanol–water partition coefficient (Wildman–Crippen LogP) is 2.95. The number of halogens is 2. The molecule has 2 N–H and O–H groups in total. The zero-order valence-corrected chi connectivity index (χ0v) is 16.0. The van der Waals surface area contributed by atoms with E-state index < -0.39 is 17.5 Å². The van der Waals surface area contributed by atoms with Crippen molar-refractivity contribution in [2.24, 2.45) is 17.6 Å². The third-order valence-corrected chi connectivity index (χ3v) is 5.38. The Morgan fingerprint density at radius 1 is 1.21 bits per heavy atom. The zero-order valence-electron chi connectivity index (χ0n) is 16.0. The van der Waals surface area contributed by atoms with Gasteiger partial charge in [-0.15, -0.1) is 0 Å². The van der Waals surface area contributed by atoms with Crippen molar-refractivity contribution < 1.29 is 18.3 Å². The van der Waals surface area contributed by atoms with Crippen molar-refractivity contribution in [2.45, 2.75) is 13.0 Å². The van der Waals surface area contributed by atoms with Crippen molar-refractivity contribution >= 4 is 22.6 Å². The lowest BCUT2D eigenvalue weighted by atomic mass is 10.2. The Balaban J connectivity index is 0.000000141. The Morgan fingerprint density at radius 2 is 1.97 bits per heavy atom. The molecule has 1 saturated heterocycles. The van der Waals surface area contributed by atoms with Crippen LogP contribution in [0.1, 0.15) is 6.42 Å². The van der Waals surface area contributed by atoms with Gasteiger partial charge in [0.15, 0.2) is 0 Å². The summed E-state index contributed by atoms with van der Waals surface area (Å²) < 4.78 is 32.8. The van der Waals surface area contributed by atoms with E-state index in [2.05, 4.69) is 4.98 Å². The average Bonchev–Trinajstić information content (AvgIpc) is 3.11. The SMILES string of the molecule is COc1ccc2ncn(CC(N)=O)c2c1.Fc1ccc(N2CC3CC3C2)c(F)c1. The summed E-state index contributed by atoms with van der Waals surface area (Å²) in [6, 6.07) is 9.30. The first-order valence-electron chi connectivity index (χ1n) is 9.41. The van der Waals surface area contributed by atoms with Crippen LogP contribution in [0.4, 0.5) is 14.5 Å². The standard InChI is InChI=1S/C11H11F2N.C10H11N3O2/c12-9-1-2-11(10(13)4-9)14-5-7-3-8(7)6-14;1-15-7-2-3-8-9(4-7)13(6-12-8)5-10(11)14/h1-2,4,7-8H,3,5-6H2;2-4,6H,5H2,1H3,(H2,11,14). The number of piperidine rings is 1. The number of carbonyl (C=O) groups excluding carboxylic acids is 1. The monoisotopic (exact) mass is 400 g/mol. The number of nitrogens with two attached hydrogens (primary N) is 1. The van der Waals surface area contributed by atoms with E-state index in [-0.39, 0.29) is 6.54 Å². The van der Waals surface area contributed by atoms with E-state index in [1.54, 1.807) is 18.0 Å². The molecule has 2 heterocycles. The van der Waals surface area contributed by atoms with Crippen LogP contribution in [0, 0.1) is 23.5 Å². The zero-order chi connectivity index (χ0) is 20.5. The van der Waals surface area contributed by atoms with Crippen molar-refractivity contribution in [3.05, 3.63) is 54.4 Å². The second kappa shape index (κ2) is 7.69. The van der Waals surface area contributed by atoms with Crippen LogP contribution in [0.2, 0.25) is 0 Å². The molecule has 0 bridgehead atoms. The van der Waals surface area contributed by atoms with Crippen molar-refractivity contribution in [1.29, 1.82) is 0 Å². The maximum Gasteiger partial charge on any atom is 0.237 e. The largest absolute Gasteiger partial charge is 0.497 e. The summed E-state index contributed by atoms with van der Waals surface area (Å²) in [5.41, 5.74) is 7.34. The Labute approximate surface area is 166 Å². The van der Waals surface area contributed by atoms with Crippen LogP contribution in [0.25, 0.3) is 11.0 Å². The second-order valence-electron chi connectivity index (χ2n) is 7.45. The van der Waals surface area contributed by atoms with Gasteiger partial charge in [-0.05, 0) is 42.5 Å². The van der Waals surface area contributed by atoms with Gasteiger partial charge in [-0.25, -0.2) is 13.8 Å². The average molecular weight is 400 g/mol. The molecule has 0 radical (unpaired) electrons. The van der Waals surface area contributed by atoms with Gasteiger partial charge in [0.25, 0.3) is 0 Å². The fraction of sp³-hybridized carbons (Fsp3) is 0.333. The highest BCUT2D eigenvalue weighted by atomic mass is 19.1. The molecular weight excluding hydrogens is 378 g/mol. The molecule has 6 nitrogen and oxygen atoms in total. The van der Waals surface area contributed by atoms with Gasteiger partial charge in [0.1, 0.15) is 23.9 Å². The fourth-order valence-electron chi connectivity index (χ4n) is 3.79. The van der Waals surface area contributed by atoms with Crippen LogP contribution in [-0.4, -0.2) is 35.7 Å². The van der Waals surface area contributed by atoms with Gasteiger partial charge in [0.05, 0.1) is 30.2 Å². The first kappa shape index (κ1) is 19.2. The molecule has 29 heavy (non-hydrogen) atoms. The molecule has 2 fully saturated rings. The number of fused-ring (bicyclic) bond motifs is 2. The minimum absolute atomic E-state index is 0.129. The van der Waals surface area contributed by atoms with Gasteiger partial charge in [0.2, 0.25) is 5.91 Å². The third kappa shape index (κ3) is 4.16. The maximum atomic E-state index is 13.4. The lowest BCUT2D eigenvalue weighted by molar-refractivity contribution is -0.118. The van der Waals surface area contributed by atoms with E-state index in [1.165, 1.54) is 18.6 Å². The summed E-state index contributed by atoms with van der Waals surface area (Å²) in [7, 11) is 1.59. The molecule has 1 aliphatic carbocycles. The summed E-state index contributed by atoms with van der Waals surface area (Å²) in [5, 5.41) is 0. The van der Waals surface area contributed by atoms with Crippen molar-refractivity contribution in [1.82, 2.24) is 9.55 Å². The molecule has 2 aliphatic rings. The number of hydrogen-bond donors (Lipinski definition) is 1. The maximum absolute atomic E-state index is 13.4. The highest BCUT2D eigenvalue weighted by molar-refractivity contribution is 5.80. The van der Waals surface area contributed by atoms with E-state index >= 15 is 0 Å². The predicted molar refractivity (Wildman–Crippen MR) is 106 cm³/mol. The summed E-state index contributed by atoms with van der Waals surface area (Å²) in [4.78, 5) is 17.0. The van der Waals surface area contributed by atoms with Gasteiger partial charge < -0.3 is 19.9 Å². The molecule has 5 rings (SSSR count). The van der Waals surface area contributed by atoms with Gasteiger partial charge in [-0.2, -0.15) is 0 Å². The van der Waals surface area contributed by atoms with Crippen molar-refractivity contribution in [2.75, 3.05) is 25.1 Å². The molecule has 1 amide bonds. The van der Waals surface area contributed by atoms with E-state index in [4.69, 9.17) is 10.5 Å². The molecule has 1 aliphatic heterocycles. The third-order valence-electron chi connectivity index (χ3n) is 5.38. The minimum atomic E-state index is -0.504. The summed E-state index contributed by atoms with van der Waals surface area (Å²) in [5.74, 6) is 0.923. The first-order valence-corrected chi connectivity index (χ1v) is 9.41. The summed E-state index contributed by atoms with van der Waals surface area (Å²) in [6.45, 7) is 2.00. The first-order chi connectivity index (χ1) is 13.9. The Bertz CT molecular complexity index is 1040. The number of methoxy groups -OCH3 is 1. The van der Waals surface area contributed by atoms with Crippen LogP contribution in [0.5, 0.6) is 5.75 Å². The number of primary amides is 1. The van der Waals surface area contributed by atoms with Gasteiger partial charge >= 0.3 is 0 Å². The molecular formula is C21H22F2N4O2. The van der Waals surface area contributed by atoms with Gasteiger partial charge in [0, 0.05) is 25.2 Å².